The summed E-state index contributed by atoms with van der Waals surface area (Å²) in [5, 5.41) is 0. The van der Waals surface area contributed by atoms with Gasteiger partial charge in [0.2, 0.25) is 0 Å². The standard InChI is InChI=1S/C10H19NOS/c1-10(12)4-2-3-5-11-6-8-13-9-7-11/h2-9H2,1H3. The molecule has 0 bridgehead atoms. The molecule has 1 rings (SSSR count). The van der Waals surface area contributed by atoms with Gasteiger partial charge < -0.3 is 9.69 Å². The highest BCUT2D eigenvalue weighted by Crippen LogP contribution is 2.10. The van der Waals surface area contributed by atoms with Crippen LogP contribution in [0.5, 0.6) is 0 Å². The quantitative estimate of drug-likeness (QED) is 0.633. The molecule has 0 saturated carbocycles. The summed E-state index contributed by atoms with van der Waals surface area (Å²) in [6, 6.07) is 0. The van der Waals surface area contributed by atoms with Crippen LogP contribution in [0.1, 0.15) is 26.2 Å². The second kappa shape index (κ2) is 6.44. The maximum atomic E-state index is 10.7. The van der Waals surface area contributed by atoms with E-state index < -0.39 is 0 Å². The van der Waals surface area contributed by atoms with Crippen LogP contribution in [0.25, 0.3) is 0 Å². The summed E-state index contributed by atoms with van der Waals surface area (Å²) in [5.41, 5.74) is 0. The van der Waals surface area contributed by atoms with Gasteiger partial charge in [0.1, 0.15) is 5.78 Å². The minimum Gasteiger partial charge on any atom is -0.302 e. The predicted molar refractivity (Wildman–Crippen MR) is 58.3 cm³/mol. The molecule has 1 fully saturated rings. The zero-order valence-electron chi connectivity index (χ0n) is 8.42. The molecule has 13 heavy (non-hydrogen) atoms. The van der Waals surface area contributed by atoms with Gasteiger partial charge in [0.25, 0.3) is 0 Å². The lowest BCUT2D eigenvalue weighted by Crippen LogP contribution is -2.33. The molecule has 0 atom stereocenters. The highest BCUT2D eigenvalue weighted by atomic mass is 32.2. The van der Waals surface area contributed by atoms with Gasteiger partial charge in [-0.2, -0.15) is 11.8 Å². The van der Waals surface area contributed by atoms with E-state index >= 15 is 0 Å². The van der Waals surface area contributed by atoms with E-state index in [9.17, 15) is 4.79 Å². The number of carbonyl (C=O) groups excluding carboxylic acids is 1. The molecule has 0 spiro atoms. The lowest BCUT2D eigenvalue weighted by atomic mass is 10.2. The number of Topliss-reactive ketones (excluding diaryl/α,β-unsaturated/α-hetero) is 1. The second-order valence-corrected chi connectivity index (χ2v) is 4.84. The molecule has 0 aromatic carbocycles. The van der Waals surface area contributed by atoms with Gasteiger partial charge in [-0.3, -0.25) is 0 Å². The molecule has 0 aromatic heterocycles. The molecule has 3 heteroatoms. The number of unbranched alkanes of at least 4 members (excludes halogenated alkanes) is 1. The van der Waals surface area contributed by atoms with Crippen LogP contribution in [0.2, 0.25) is 0 Å². The van der Waals surface area contributed by atoms with Gasteiger partial charge in [0, 0.05) is 31.0 Å². The van der Waals surface area contributed by atoms with Crippen molar-refractivity contribution >= 4 is 17.5 Å². The summed E-state index contributed by atoms with van der Waals surface area (Å²) in [6.45, 7) is 5.35. The van der Waals surface area contributed by atoms with E-state index in [1.165, 1.54) is 37.6 Å². The van der Waals surface area contributed by atoms with Crippen molar-refractivity contribution in [1.82, 2.24) is 4.90 Å². The molecule has 1 aliphatic heterocycles. The van der Waals surface area contributed by atoms with E-state index in [-0.39, 0.29) is 0 Å². The van der Waals surface area contributed by atoms with E-state index in [1.807, 2.05) is 11.8 Å². The van der Waals surface area contributed by atoms with Crippen LogP contribution in [-0.2, 0) is 4.79 Å². The van der Waals surface area contributed by atoms with Crippen LogP contribution in [0, 0.1) is 0 Å². The first kappa shape index (κ1) is 11.1. The monoisotopic (exact) mass is 201 g/mol. The molecular weight excluding hydrogens is 182 g/mol. The third kappa shape index (κ3) is 5.32. The van der Waals surface area contributed by atoms with Crippen molar-refractivity contribution in [2.75, 3.05) is 31.1 Å². The van der Waals surface area contributed by atoms with Crippen LogP contribution < -0.4 is 0 Å². The Morgan fingerprint density at radius 3 is 2.62 bits per heavy atom. The van der Waals surface area contributed by atoms with Gasteiger partial charge in [-0.1, -0.05) is 0 Å². The summed E-state index contributed by atoms with van der Waals surface area (Å²) in [6.07, 6.45) is 3.02. The van der Waals surface area contributed by atoms with Crippen LogP contribution in [0.4, 0.5) is 0 Å². The lowest BCUT2D eigenvalue weighted by molar-refractivity contribution is -0.117. The largest absolute Gasteiger partial charge is 0.302 e. The first-order valence-corrected chi connectivity index (χ1v) is 6.24. The Balaban J connectivity index is 1.95. The molecule has 0 N–H and O–H groups in total. The Hall–Kier alpha value is -0.0200. The van der Waals surface area contributed by atoms with Crippen LogP contribution in [0.3, 0.4) is 0 Å². The number of hydrogen-bond acceptors (Lipinski definition) is 3. The number of thioether (sulfide) groups is 1. The number of carbonyl (C=O) groups is 1. The topological polar surface area (TPSA) is 20.3 Å². The highest BCUT2D eigenvalue weighted by molar-refractivity contribution is 7.99. The Bertz CT molecular complexity index is 155. The van der Waals surface area contributed by atoms with Crippen LogP contribution in [-0.4, -0.2) is 41.8 Å². The number of rotatable bonds is 5. The molecule has 76 valence electrons. The predicted octanol–water partition coefficient (Wildman–Crippen LogP) is 1.79. The molecule has 1 heterocycles. The van der Waals surface area contributed by atoms with Gasteiger partial charge in [0.05, 0.1) is 0 Å². The van der Waals surface area contributed by atoms with Gasteiger partial charge in [0.15, 0.2) is 0 Å². The number of hydrogen-bond donors (Lipinski definition) is 0. The molecule has 0 aliphatic carbocycles. The molecule has 0 unspecified atom stereocenters. The van der Waals surface area contributed by atoms with Crippen molar-refractivity contribution < 1.29 is 4.79 Å². The minimum absolute atomic E-state index is 0.328. The fourth-order valence-corrected chi connectivity index (χ4v) is 2.51. The van der Waals surface area contributed by atoms with Crippen molar-refractivity contribution in [2.45, 2.75) is 26.2 Å². The van der Waals surface area contributed by atoms with Crippen LogP contribution in [0.15, 0.2) is 0 Å². The van der Waals surface area contributed by atoms with E-state index in [0.717, 1.165) is 12.8 Å². The zero-order valence-corrected chi connectivity index (χ0v) is 9.24. The molecule has 1 saturated heterocycles. The lowest BCUT2D eigenvalue weighted by Gasteiger charge is -2.25. The Labute approximate surface area is 85.1 Å². The van der Waals surface area contributed by atoms with Crippen molar-refractivity contribution in [2.24, 2.45) is 0 Å². The average molecular weight is 201 g/mol. The maximum Gasteiger partial charge on any atom is 0.129 e. The van der Waals surface area contributed by atoms with Crippen LogP contribution >= 0.6 is 11.8 Å². The normalized spacial score (nSPS) is 18.8. The van der Waals surface area contributed by atoms with Gasteiger partial charge in [-0.05, 0) is 26.3 Å². The summed E-state index contributed by atoms with van der Waals surface area (Å²) in [4.78, 5) is 13.2. The van der Waals surface area contributed by atoms with Gasteiger partial charge >= 0.3 is 0 Å². The minimum atomic E-state index is 0.328. The zero-order chi connectivity index (χ0) is 9.52. The second-order valence-electron chi connectivity index (χ2n) is 3.61. The Morgan fingerprint density at radius 1 is 1.31 bits per heavy atom. The summed E-state index contributed by atoms with van der Waals surface area (Å²) in [7, 11) is 0. The number of nitrogens with zero attached hydrogens (tertiary/aromatic N) is 1. The fraction of sp³-hybridized carbons (Fsp3) is 0.900. The number of ketones is 1. The Morgan fingerprint density at radius 2 is 2.00 bits per heavy atom. The van der Waals surface area contributed by atoms with Gasteiger partial charge in [-0.25, -0.2) is 0 Å². The van der Waals surface area contributed by atoms with Crippen molar-refractivity contribution in [3.63, 3.8) is 0 Å². The maximum absolute atomic E-state index is 10.7. The molecule has 0 radical (unpaired) electrons. The fourth-order valence-electron chi connectivity index (χ4n) is 1.53. The van der Waals surface area contributed by atoms with E-state index in [0.29, 0.717) is 5.78 Å². The van der Waals surface area contributed by atoms with E-state index in [1.54, 1.807) is 6.92 Å². The Kier molecular flexibility index (Phi) is 5.47. The molecular formula is C10H19NOS. The first-order chi connectivity index (χ1) is 6.29. The van der Waals surface area contributed by atoms with Crippen molar-refractivity contribution in [3.8, 4) is 0 Å². The molecule has 1 aliphatic rings. The van der Waals surface area contributed by atoms with Crippen molar-refractivity contribution in [3.05, 3.63) is 0 Å². The van der Waals surface area contributed by atoms with E-state index in [4.69, 9.17) is 0 Å². The van der Waals surface area contributed by atoms with E-state index in [2.05, 4.69) is 4.90 Å². The van der Waals surface area contributed by atoms with Crippen molar-refractivity contribution in [1.29, 1.82) is 0 Å². The highest BCUT2D eigenvalue weighted by Gasteiger charge is 2.08. The first-order valence-electron chi connectivity index (χ1n) is 5.08. The molecule has 2 nitrogen and oxygen atoms in total. The summed E-state index contributed by atoms with van der Waals surface area (Å²) >= 11 is 2.05. The third-order valence-electron chi connectivity index (χ3n) is 2.36. The smallest absolute Gasteiger partial charge is 0.129 e. The summed E-state index contributed by atoms with van der Waals surface area (Å²) < 4.78 is 0. The SMILES string of the molecule is CC(=O)CCCCN1CCSCC1. The van der Waals surface area contributed by atoms with Gasteiger partial charge in [-0.15, -0.1) is 0 Å². The third-order valence-corrected chi connectivity index (χ3v) is 3.30. The molecule has 0 aromatic rings. The summed E-state index contributed by atoms with van der Waals surface area (Å²) in [5.74, 6) is 2.90. The molecule has 0 amide bonds. The average Bonchev–Trinajstić information content (AvgIpc) is 2.14.